The van der Waals surface area contributed by atoms with E-state index in [-0.39, 0.29) is 18.2 Å². The Balaban J connectivity index is 1.67. The lowest BCUT2D eigenvalue weighted by Gasteiger charge is -2.16. The maximum absolute atomic E-state index is 12.6. The first-order chi connectivity index (χ1) is 12.1. The van der Waals surface area contributed by atoms with Crippen molar-refractivity contribution in [2.45, 2.75) is 13.0 Å². The summed E-state index contributed by atoms with van der Waals surface area (Å²) in [5.41, 5.74) is 0.517. The fourth-order valence-corrected chi connectivity index (χ4v) is 2.84. The predicted molar refractivity (Wildman–Crippen MR) is 90.4 cm³/mol. The van der Waals surface area contributed by atoms with Crippen molar-refractivity contribution < 1.29 is 23.5 Å². The van der Waals surface area contributed by atoms with Crippen molar-refractivity contribution in [3.05, 3.63) is 42.4 Å². The van der Waals surface area contributed by atoms with Gasteiger partial charge in [0.15, 0.2) is 0 Å². The summed E-state index contributed by atoms with van der Waals surface area (Å²) in [5, 5.41) is 2.83. The van der Waals surface area contributed by atoms with E-state index in [0.29, 0.717) is 36.0 Å². The van der Waals surface area contributed by atoms with Crippen LogP contribution in [0.1, 0.15) is 12.2 Å². The molecule has 7 nitrogen and oxygen atoms in total. The Labute approximate surface area is 145 Å². The first-order valence-corrected chi connectivity index (χ1v) is 7.93. The number of anilines is 1. The Morgan fingerprint density at radius 2 is 2.16 bits per heavy atom. The molecule has 2 heterocycles. The van der Waals surface area contributed by atoms with Gasteiger partial charge in [-0.3, -0.25) is 9.59 Å². The van der Waals surface area contributed by atoms with E-state index in [1.54, 1.807) is 42.5 Å². The summed E-state index contributed by atoms with van der Waals surface area (Å²) in [6.07, 6.45) is 1.74. The zero-order valence-corrected chi connectivity index (χ0v) is 14.2. The summed E-state index contributed by atoms with van der Waals surface area (Å²) in [4.78, 5) is 26.3. The Hall–Kier alpha value is -2.96. The molecular weight excluding hydrogens is 324 g/mol. The van der Waals surface area contributed by atoms with Gasteiger partial charge in [-0.25, -0.2) is 0 Å². The molecule has 0 aliphatic carbocycles. The molecule has 0 unspecified atom stereocenters. The van der Waals surface area contributed by atoms with Gasteiger partial charge in [-0.1, -0.05) is 0 Å². The van der Waals surface area contributed by atoms with E-state index >= 15 is 0 Å². The van der Waals surface area contributed by atoms with Gasteiger partial charge >= 0.3 is 0 Å². The second kappa shape index (κ2) is 7.29. The Morgan fingerprint density at radius 1 is 1.32 bits per heavy atom. The van der Waals surface area contributed by atoms with Gasteiger partial charge in [0.1, 0.15) is 17.3 Å². The highest BCUT2D eigenvalue weighted by molar-refractivity contribution is 5.98. The van der Waals surface area contributed by atoms with Crippen LogP contribution in [0.25, 0.3) is 0 Å². The van der Waals surface area contributed by atoms with E-state index in [9.17, 15) is 9.59 Å². The molecule has 1 aliphatic heterocycles. The predicted octanol–water partition coefficient (Wildman–Crippen LogP) is 2.28. The van der Waals surface area contributed by atoms with Gasteiger partial charge < -0.3 is 24.1 Å². The summed E-state index contributed by atoms with van der Waals surface area (Å²) < 4.78 is 15.7. The van der Waals surface area contributed by atoms with E-state index in [0.717, 1.165) is 0 Å². The number of nitrogens with one attached hydrogen (secondary N) is 1. The summed E-state index contributed by atoms with van der Waals surface area (Å²) in [6, 6.07) is 8.74. The van der Waals surface area contributed by atoms with Crippen LogP contribution >= 0.6 is 0 Å². The molecule has 0 radical (unpaired) electrons. The van der Waals surface area contributed by atoms with Crippen LogP contribution in [0.4, 0.5) is 5.69 Å². The van der Waals surface area contributed by atoms with Crippen molar-refractivity contribution >= 4 is 17.5 Å². The average molecular weight is 344 g/mol. The van der Waals surface area contributed by atoms with Crippen molar-refractivity contribution in [2.75, 3.05) is 26.1 Å². The fraction of sp³-hybridized carbons (Fsp3) is 0.333. The van der Waals surface area contributed by atoms with Crippen molar-refractivity contribution in [1.29, 1.82) is 0 Å². The quantitative estimate of drug-likeness (QED) is 0.869. The van der Waals surface area contributed by atoms with Crippen molar-refractivity contribution in [2.24, 2.45) is 5.92 Å². The SMILES string of the molecule is COc1ccc(OC)c(NC(=O)[C@H]2CC(=O)N(Cc3ccco3)C2)c1. The van der Waals surface area contributed by atoms with E-state index in [2.05, 4.69) is 5.32 Å². The summed E-state index contributed by atoms with van der Waals surface area (Å²) in [7, 11) is 3.08. The number of furan rings is 1. The molecule has 1 saturated heterocycles. The molecular formula is C18H20N2O5. The minimum atomic E-state index is -0.418. The van der Waals surface area contributed by atoms with Crippen molar-refractivity contribution in [3.63, 3.8) is 0 Å². The molecule has 132 valence electrons. The van der Waals surface area contributed by atoms with Crippen LogP contribution in [0.3, 0.4) is 0 Å². The maximum atomic E-state index is 12.6. The van der Waals surface area contributed by atoms with Gasteiger partial charge in [0.2, 0.25) is 11.8 Å². The molecule has 1 aromatic carbocycles. The number of hydrogen-bond donors (Lipinski definition) is 1. The molecule has 0 bridgehead atoms. The number of nitrogens with zero attached hydrogens (tertiary/aromatic N) is 1. The molecule has 1 N–H and O–H groups in total. The maximum Gasteiger partial charge on any atom is 0.229 e. The lowest BCUT2D eigenvalue weighted by Crippen LogP contribution is -2.28. The molecule has 7 heteroatoms. The number of benzene rings is 1. The second-order valence-corrected chi connectivity index (χ2v) is 5.81. The minimum Gasteiger partial charge on any atom is -0.497 e. The number of likely N-dealkylation sites (tertiary alicyclic amines) is 1. The first kappa shape index (κ1) is 16.9. The number of amides is 2. The molecule has 25 heavy (non-hydrogen) atoms. The van der Waals surface area contributed by atoms with Gasteiger partial charge in [-0.05, 0) is 24.3 Å². The second-order valence-electron chi connectivity index (χ2n) is 5.81. The largest absolute Gasteiger partial charge is 0.497 e. The van der Waals surface area contributed by atoms with Gasteiger partial charge in [0, 0.05) is 19.0 Å². The summed E-state index contributed by atoms with van der Waals surface area (Å²) in [6.45, 7) is 0.732. The Bertz CT molecular complexity index is 757. The topological polar surface area (TPSA) is 81.0 Å². The highest BCUT2D eigenvalue weighted by Gasteiger charge is 2.35. The van der Waals surface area contributed by atoms with E-state index in [1.165, 1.54) is 7.11 Å². The molecule has 1 aliphatic rings. The van der Waals surface area contributed by atoms with E-state index < -0.39 is 5.92 Å². The highest BCUT2D eigenvalue weighted by Crippen LogP contribution is 2.30. The average Bonchev–Trinajstić information content (AvgIpc) is 3.25. The number of ether oxygens (including phenoxy) is 2. The van der Waals surface area contributed by atoms with Crippen LogP contribution in [-0.2, 0) is 16.1 Å². The van der Waals surface area contributed by atoms with Crippen LogP contribution in [0.5, 0.6) is 11.5 Å². The number of methoxy groups -OCH3 is 2. The molecule has 0 saturated carbocycles. The number of carbonyl (C=O) groups is 2. The van der Waals surface area contributed by atoms with Gasteiger partial charge in [0.25, 0.3) is 0 Å². The third-order valence-corrected chi connectivity index (χ3v) is 4.18. The molecule has 3 rings (SSSR count). The zero-order chi connectivity index (χ0) is 17.8. The monoisotopic (exact) mass is 344 g/mol. The van der Waals surface area contributed by atoms with Crippen LogP contribution in [0.15, 0.2) is 41.0 Å². The number of carbonyl (C=O) groups excluding carboxylic acids is 2. The smallest absolute Gasteiger partial charge is 0.229 e. The summed E-state index contributed by atoms with van der Waals surface area (Å²) >= 11 is 0. The van der Waals surface area contributed by atoms with Gasteiger partial charge in [-0.15, -0.1) is 0 Å². The van der Waals surface area contributed by atoms with Gasteiger partial charge in [-0.2, -0.15) is 0 Å². The van der Waals surface area contributed by atoms with Gasteiger partial charge in [0.05, 0.1) is 38.6 Å². The van der Waals surface area contributed by atoms with Crippen molar-refractivity contribution in [3.8, 4) is 11.5 Å². The normalized spacial score (nSPS) is 16.8. The molecule has 1 fully saturated rings. The number of hydrogen-bond acceptors (Lipinski definition) is 5. The summed E-state index contributed by atoms with van der Waals surface area (Å²) in [5.74, 6) is 1.14. The van der Waals surface area contributed by atoms with Crippen LogP contribution in [-0.4, -0.2) is 37.5 Å². The van der Waals surface area contributed by atoms with Crippen LogP contribution in [0.2, 0.25) is 0 Å². The molecule has 2 amide bonds. The van der Waals surface area contributed by atoms with E-state index in [4.69, 9.17) is 13.9 Å². The molecule has 1 atom stereocenters. The third kappa shape index (κ3) is 3.76. The molecule has 1 aromatic heterocycles. The van der Waals surface area contributed by atoms with E-state index in [1.807, 2.05) is 6.07 Å². The Morgan fingerprint density at radius 3 is 2.84 bits per heavy atom. The van der Waals surface area contributed by atoms with Crippen LogP contribution in [0, 0.1) is 5.92 Å². The minimum absolute atomic E-state index is 0.0610. The number of rotatable bonds is 6. The van der Waals surface area contributed by atoms with Crippen LogP contribution < -0.4 is 14.8 Å². The highest BCUT2D eigenvalue weighted by atomic mass is 16.5. The standard InChI is InChI=1S/C18H20N2O5/c1-23-13-5-6-16(24-2)15(9-13)19-18(22)12-8-17(21)20(10-12)11-14-4-3-7-25-14/h3-7,9,12H,8,10-11H2,1-2H3,(H,19,22)/t12-/m0/s1. The fourth-order valence-electron chi connectivity index (χ4n) is 2.84. The van der Waals surface area contributed by atoms with Crippen molar-refractivity contribution in [1.82, 2.24) is 4.90 Å². The third-order valence-electron chi connectivity index (χ3n) is 4.18. The molecule has 0 spiro atoms. The lowest BCUT2D eigenvalue weighted by molar-refractivity contribution is -0.128. The first-order valence-electron chi connectivity index (χ1n) is 7.93. The Kier molecular flexibility index (Phi) is 4.92. The lowest BCUT2D eigenvalue weighted by atomic mass is 10.1. The zero-order valence-electron chi connectivity index (χ0n) is 14.2. The molecule has 2 aromatic rings.